The first kappa shape index (κ1) is 24.7. The highest BCUT2D eigenvalue weighted by Gasteiger charge is 2.28. The molecule has 1 heterocycles. The van der Waals surface area contributed by atoms with E-state index in [1.165, 1.54) is 12.3 Å². The number of nitrogens with zero attached hydrogens (tertiary/aromatic N) is 2. The third kappa shape index (κ3) is 12.1. The molecule has 0 saturated heterocycles. The second-order valence-electron chi connectivity index (χ2n) is 5.16. The van der Waals surface area contributed by atoms with Crippen LogP contribution in [-0.2, 0) is 11.3 Å². The van der Waals surface area contributed by atoms with Crippen molar-refractivity contribution in [2.45, 2.75) is 32.5 Å². The van der Waals surface area contributed by atoms with Crippen molar-refractivity contribution < 1.29 is 22.6 Å². The lowest BCUT2D eigenvalue weighted by molar-refractivity contribution is -0.154. The molecule has 0 spiro atoms. The van der Waals surface area contributed by atoms with Crippen LogP contribution < -0.4 is 15.4 Å². The Morgan fingerprint density at radius 1 is 1.27 bits per heavy atom. The quantitative estimate of drug-likeness (QED) is 0.229. The summed E-state index contributed by atoms with van der Waals surface area (Å²) in [4.78, 5) is 7.86. The monoisotopic (exact) mass is 490 g/mol. The summed E-state index contributed by atoms with van der Waals surface area (Å²) in [5.74, 6) is 0.557. The summed E-state index contributed by atoms with van der Waals surface area (Å²) in [7, 11) is 1.65. The minimum absolute atomic E-state index is 0. The number of nitrogens with one attached hydrogen (secondary N) is 2. The molecule has 0 aromatic carbocycles. The number of pyridine rings is 1. The molecule has 26 heavy (non-hydrogen) atoms. The van der Waals surface area contributed by atoms with Gasteiger partial charge in [-0.3, -0.25) is 4.99 Å². The van der Waals surface area contributed by atoms with Gasteiger partial charge in [-0.25, -0.2) is 4.98 Å². The van der Waals surface area contributed by atoms with E-state index < -0.39 is 12.8 Å². The van der Waals surface area contributed by atoms with Gasteiger partial charge >= 0.3 is 6.18 Å². The second kappa shape index (κ2) is 13.8. The minimum atomic E-state index is -4.38. The Morgan fingerprint density at radius 3 is 2.69 bits per heavy atom. The van der Waals surface area contributed by atoms with Crippen molar-refractivity contribution in [1.29, 1.82) is 0 Å². The van der Waals surface area contributed by atoms with Crippen LogP contribution in [-0.4, -0.2) is 50.5 Å². The maximum Gasteiger partial charge on any atom is 0.422 e. The highest BCUT2D eigenvalue weighted by molar-refractivity contribution is 14.0. The average molecular weight is 490 g/mol. The molecule has 0 bridgehead atoms. The molecular formula is C16H26F3IN4O2. The number of hydrogen-bond acceptors (Lipinski definition) is 4. The molecule has 0 saturated carbocycles. The Hall–Kier alpha value is -1.30. The molecule has 0 radical (unpaired) electrons. The Labute approximate surface area is 169 Å². The smallest absolute Gasteiger partial charge is 0.422 e. The molecule has 6 nitrogen and oxygen atoms in total. The van der Waals surface area contributed by atoms with Crippen molar-refractivity contribution in [3.63, 3.8) is 0 Å². The van der Waals surface area contributed by atoms with E-state index in [2.05, 4.69) is 25.3 Å². The van der Waals surface area contributed by atoms with Crippen LogP contribution in [0.25, 0.3) is 0 Å². The lowest BCUT2D eigenvalue weighted by Crippen LogP contribution is -2.37. The summed E-state index contributed by atoms with van der Waals surface area (Å²) in [6.07, 6.45) is -1.07. The molecule has 150 valence electrons. The van der Waals surface area contributed by atoms with Crippen molar-refractivity contribution in [3.05, 3.63) is 23.9 Å². The molecule has 0 amide bonds. The van der Waals surface area contributed by atoms with E-state index >= 15 is 0 Å². The maximum absolute atomic E-state index is 12.2. The molecule has 1 aromatic rings. The van der Waals surface area contributed by atoms with Crippen molar-refractivity contribution >= 4 is 29.9 Å². The van der Waals surface area contributed by atoms with E-state index in [9.17, 15) is 13.2 Å². The number of unbranched alkanes of at least 4 members (excludes halogenated alkanes) is 1. The van der Waals surface area contributed by atoms with Crippen LogP contribution in [0.3, 0.4) is 0 Å². The van der Waals surface area contributed by atoms with Gasteiger partial charge in [0.25, 0.3) is 0 Å². The number of alkyl halides is 3. The van der Waals surface area contributed by atoms with Gasteiger partial charge in [0.1, 0.15) is 0 Å². The van der Waals surface area contributed by atoms with Gasteiger partial charge in [0.2, 0.25) is 5.88 Å². The normalized spacial score (nSPS) is 11.7. The summed E-state index contributed by atoms with van der Waals surface area (Å²) in [5.41, 5.74) is 0.742. The van der Waals surface area contributed by atoms with E-state index in [0.29, 0.717) is 12.5 Å². The number of guanidine groups is 1. The minimum Gasteiger partial charge on any atom is -0.468 e. The molecule has 0 aliphatic carbocycles. The van der Waals surface area contributed by atoms with Gasteiger partial charge in [0.15, 0.2) is 12.6 Å². The number of hydrogen-bond donors (Lipinski definition) is 2. The fourth-order valence-electron chi connectivity index (χ4n) is 1.88. The summed E-state index contributed by atoms with van der Waals surface area (Å²) in [5, 5.41) is 6.25. The van der Waals surface area contributed by atoms with Crippen LogP contribution in [0.1, 0.15) is 25.3 Å². The first-order valence-corrected chi connectivity index (χ1v) is 8.11. The first-order chi connectivity index (χ1) is 11.9. The largest absolute Gasteiger partial charge is 0.468 e. The van der Waals surface area contributed by atoms with Crippen LogP contribution >= 0.6 is 24.0 Å². The second-order valence-corrected chi connectivity index (χ2v) is 5.16. The van der Waals surface area contributed by atoms with Crippen LogP contribution in [0.5, 0.6) is 5.88 Å². The number of aliphatic imine (C=N–C) groups is 1. The molecule has 1 aromatic heterocycles. The lowest BCUT2D eigenvalue weighted by Gasteiger charge is -2.13. The maximum atomic E-state index is 12.2. The molecule has 1 rings (SSSR count). The fraction of sp³-hybridized carbons (Fsp3) is 0.625. The number of aromatic nitrogens is 1. The van der Waals surface area contributed by atoms with Gasteiger partial charge in [0.05, 0.1) is 0 Å². The van der Waals surface area contributed by atoms with E-state index in [-0.39, 0.29) is 29.9 Å². The summed E-state index contributed by atoms with van der Waals surface area (Å²) in [6.45, 7) is 3.20. The summed E-state index contributed by atoms with van der Waals surface area (Å²) < 4.78 is 46.4. The molecule has 0 aliphatic rings. The Balaban J connectivity index is 0.00000625. The van der Waals surface area contributed by atoms with E-state index in [0.717, 1.165) is 38.2 Å². The van der Waals surface area contributed by atoms with E-state index in [4.69, 9.17) is 4.74 Å². The van der Waals surface area contributed by atoms with E-state index in [1.54, 1.807) is 13.1 Å². The molecule has 0 atom stereocenters. The molecule has 0 aliphatic heterocycles. The SMILES string of the molecule is CCOCCCCNC(=NC)NCc1ccnc(OCC(F)(F)F)c1.I. The standard InChI is InChI=1S/C16H25F3N4O2.HI/c1-3-24-9-5-4-7-22-15(20-2)23-11-13-6-8-21-14(10-13)25-12-16(17,18)19;/h6,8,10H,3-5,7,9,11-12H2,1-2H3,(H2,20,22,23);1H. The highest BCUT2D eigenvalue weighted by atomic mass is 127. The number of rotatable bonds is 10. The average Bonchev–Trinajstić information content (AvgIpc) is 2.58. The van der Waals surface area contributed by atoms with Crippen molar-refractivity contribution in [2.24, 2.45) is 4.99 Å². The van der Waals surface area contributed by atoms with Crippen LogP contribution in [0.15, 0.2) is 23.3 Å². The third-order valence-corrected chi connectivity index (χ3v) is 3.08. The predicted molar refractivity (Wildman–Crippen MR) is 105 cm³/mol. The molecule has 0 unspecified atom stereocenters. The summed E-state index contributed by atoms with van der Waals surface area (Å²) in [6, 6.07) is 3.16. The molecule has 0 fully saturated rings. The zero-order valence-corrected chi connectivity index (χ0v) is 17.3. The van der Waals surface area contributed by atoms with Crippen molar-refractivity contribution in [1.82, 2.24) is 15.6 Å². The van der Waals surface area contributed by atoms with Crippen LogP contribution in [0.4, 0.5) is 13.2 Å². The predicted octanol–water partition coefficient (Wildman–Crippen LogP) is 3.12. The lowest BCUT2D eigenvalue weighted by atomic mass is 10.2. The number of ether oxygens (including phenoxy) is 2. The van der Waals surface area contributed by atoms with Crippen LogP contribution in [0.2, 0.25) is 0 Å². The Bertz CT molecular complexity index is 530. The Kier molecular flexibility index (Phi) is 13.2. The topological polar surface area (TPSA) is 67.8 Å². The van der Waals surface area contributed by atoms with Gasteiger partial charge in [-0.2, -0.15) is 13.2 Å². The zero-order chi connectivity index (χ0) is 18.5. The molecule has 2 N–H and O–H groups in total. The van der Waals surface area contributed by atoms with Crippen molar-refractivity contribution in [2.75, 3.05) is 33.4 Å². The first-order valence-electron chi connectivity index (χ1n) is 8.11. The van der Waals surface area contributed by atoms with Crippen molar-refractivity contribution in [3.8, 4) is 5.88 Å². The molecular weight excluding hydrogens is 464 g/mol. The van der Waals surface area contributed by atoms with Crippen LogP contribution in [0, 0.1) is 0 Å². The van der Waals surface area contributed by atoms with E-state index in [1.807, 2.05) is 6.92 Å². The fourth-order valence-corrected chi connectivity index (χ4v) is 1.88. The van der Waals surface area contributed by atoms with Gasteiger partial charge in [-0.05, 0) is 31.4 Å². The number of halogens is 4. The van der Waals surface area contributed by atoms with Gasteiger partial charge < -0.3 is 20.1 Å². The highest BCUT2D eigenvalue weighted by Crippen LogP contribution is 2.17. The van der Waals surface area contributed by atoms with Gasteiger partial charge in [0, 0.05) is 45.6 Å². The zero-order valence-electron chi connectivity index (χ0n) is 14.9. The Morgan fingerprint density at radius 2 is 2.04 bits per heavy atom. The third-order valence-electron chi connectivity index (χ3n) is 3.08. The summed E-state index contributed by atoms with van der Waals surface area (Å²) >= 11 is 0. The van der Waals surface area contributed by atoms with Gasteiger partial charge in [-0.1, -0.05) is 0 Å². The van der Waals surface area contributed by atoms with Gasteiger partial charge in [-0.15, -0.1) is 24.0 Å². The molecule has 10 heteroatoms.